The lowest BCUT2D eigenvalue weighted by atomic mass is 10.0. The van der Waals surface area contributed by atoms with Crippen LogP contribution >= 0.6 is 11.8 Å². The number of benzene rings is 1. The summed E-state index contributed by atoms with van der Waals surface area (Å²) in [5.41, 5.74) is 1.54. The monoisotopic (exact) mass is 486 g/mol. The van der Waals surface area contributed by atoms with E-state index in [1.165, 1.54) is 32.4 Å². The number of thioether (sulfide) groups is 1. The Bertz CT molecular complexity index is 931. The summed E-state index contributed by atoms with van der Waals surface area (Å²) in [5, 5.41) is 5.34. The highest BCUT2D eigenvalue weighted by Gasteiger charge is 2.39. The normalized spacial score (nSPS) is 20.9. The van der Waals surface area contributed by atoms with Crippen molar-refractivity contribution in [3.63, 3.8) is 0 Å². The first kappa shape index (κ1) is 24.7. The molecule has 1 aromatic carbocycles. The molecule has 34 heavy (non-hydrogen) atoms. The first-order valence-corrected chi connectivity index (χ1v) is 13.4. The largest absolute Gasteiger partial charge is 0.355 e. The van der Waals surface area contributed by atoms with Crippen LogP contribution in [0.25, 0.3) is 0 Å². The van der Waals surface area contributed by atoms with E-state index < -0.39 is 11.9 Å². The fraction of sp³-hybridized carbons (Fsp3) is 0.600. The lowest BCUT2D eigenvalue weighted by Gasteiger charge is -2.29. The topological polar surface area (TPSA) is 98.8 Å². The molecule has 3 aliphatic heterocycles. The number of nitrogens with one attached hydrogen (secondary N) is 2. The molecule has 0 bridgehead atoms. The zero-order chi connectivity index (χ0) is 23.9. The molecule has 1 aromatic rings. The molecule has 1 atom stereocenters. The molecule has 1 unspecified atom stereocenters. The standard InChI is InChI=1S/C25H34N4O4S/c30-22(9-2-5-15-28-13-3-1-4-14-28)26-12-16-34-21-8-6-7-18-19(21)17-29(25(18)33)20-10-11-23(31)27-24(20)32/h6-8,20H,1-5,9-17H2,(H,26,30)(H,27,31,32). The van der Waals surface area contributed by atoms with Crippen LogP contribution in [0.4, 0.5) is 0 Å². The molecule has 3 aliphatic rings. The number of carbonyl (C=O) groups is 4. The maximum atomic E-state index is 12.9. The zero-order valence-corrected chi connectivity index (χ0v) is 20.5. The van der Waals surface area contributed by atoms with E-state index in [4.69, 9.17) is 0 Å². The Hall–Kier alpha value is -2.39. The van der Waals surface area contributed by atoms with Crippen molar-refractivity contribution in [2.24, 2.45) is 0 Å². The lowest BCUT2D eigenvalue weighted by Crippen LogP contribution is -2.52. The molecule has 0 aliphatic carbocycles. The molecule has 4 amide bonds. The van der Waals surface area contributed by atoms with Crippen molar-refractivity contribution in [1.82, 2.24) is 20.4 Å². The quantitative estimate of drug-likeness (QED) is 0.299. The van der Waals surface area contributed by atoms with Crippen LogP contribution in [-0.2, 0) is 20.9 Å². The van der Waals surface area contributed by atoms with E-state index in [1.807, 2.05) is 12.1 Å². The van der Waals surface area contributed by atoms with Gasteiger partial charge in [-0.2, -0.15) is 0 Å². The number of unbranched alkanes of at least 4 members (excludes halogenated alkanes) is 1. The van der Waals surface area contributed by atoms with E-state index in [-0.39, 0.29) is 24.1 Å². The summed E-state index contributed by atoms with van der Waals surface area (Å²) in [6.07, 6.45) is 7.09. The fourth-order valence-electron chi connectivity index (χ4n) is 4.94. The summed E-state index contributed by atoms with van der Waals surface area (Å²) in [4.78, 5) is 53.8. The first-order valence-electron chi connectivity index (χ1n) is 12.4. The van der Waals surface area contributed by atoms with Crippen LogP contribution in [0.15, 0.2) is 23.1 Å². The Morgan fingerprint density at radius 1 is 1.12 bits per heavy atom. The Balaban J connectivity index is 1.19. The highest BCUT2D eigenvalue weighted by Crippen LogP contribution is 2.34. The van der Waals surface area contributed by atoms with Crippen LogP contribution in [0.3, 0.4) is 0 Å². The smallest absolute Gasteiger partial charge is 0.255 e. The molecule has 3 heterocycles. The highest BCUT2D eigenvalue weighted by molar-refractivity contribution is 7.99. The summed E-state index contributed by atoms with van der Waals surface area (Å²) in [5.74, 6) is -0.0414. The van der Waals surface area contributed by atoms with Gasteiger partial charge in [-0.25, -0.2) is 0 Å². The van der Waals surface area contributed by atoms with Gasteiger partial charge in [0.25, 0.3) is 5.91 Å². The van der Waals surface area contributed by atoms with Crippen LogP contribution in [0, 0.1) is 0 Å². The number of amides is 4. The van der Waals surface area contributed by atoms with Gasteiger partial charge in [0.05, 0.1) is 0 Å². The Kier molecular flexibility index (Phi) is 8.61. The third-order valence-electron chi connectivity index (χ3n) is 6.80. The Labute approximate surface area is 205 Å². The van der Waals surface area contributed by atoms with E-state index in [0.29, 0.717) is 37.2 Å². The predicted molar refractivity (Wildman–Crippen MR) is 130 cm³/mol. The van der Waals surface area contributed by atoms with Gasteiger partial charge in [-0.05, 0) is 69.4 Å². The number of imide groups is 1. The van der Waals surface area contributed by atoms with Crippen LogP contribution in [0.2, 0.25) is 0 Å². The number of nitrogens with zero attached hydrogens (tertiary/aromatic N) is 2. The van der Waals surface area contributed by atoms with Crippen molar-refractivity contribution in [2.75, 3.05) is 31.9 Å². The number of carbonyl (C=O) groups excluding carboxylic acids is 4. The number of hydrogen-bond acceptors (Lipinski definition) is 6. The molecule has 2 N–H and O–H groups in total. The van der Waals surface area contributed by atoms with E-state index in [2.05, 4.69) is 15.5 Å². The van der Waals surface area contributed by atoms with Crippen molar-refractivity contribution in [1.29, 1.82) is 0 Å². The maximum absolute atomic E-state index is 12.9. The van der Waals surface area contributed by atoms with Crippen molar-refractivity contribution >= 4 is 35.4 Å². The highest BCUT2D eigenvalue weighted by atomic mass is 32.2. The van der Waals surface area contributed by atoms with Gasteiger partial charge in [-0.15, -0.1) is 11.8 Å². The van der Waals surface area contributed by atoms with Crippen LogP contribution < -0.4 is 10.6 Å². The molecule has 9 heteroatoms. The average Bonchev–Trinajstić information content (AvgIpc) is 3.17. The molecule has 0 spiro atoms. The van der Waals surface area contributed by atoms with Gasteiger partial charge in [-0.3, -0.25) is 24.5 Å². The molecule has 184 valence electrons. The van der Waals surface area contributed by atoms with Crippen molar-refractivity contribution in [3.8, 4) is 0 Å². The molecular formula is C25H34N4O4S. The van der Waals surface area contributed by atoms with Gasteiger partial charge in [0.15, 0.2) is 0 Å². The number of fused-ring (bicyclic) bond motifs is 1. The SMILES string of the molecule is O=C(CCCCN1CCCCC1)NCCSc1cccc2c1CN(C1CCC(=O)NC1=O)C2=O. The Morgan fingerprint density at radius 3 is 2.74 bits per heavy atom. The number of rotatable bonds is 10. The second kappa shape index (κ2) is 11.8. The van der Waals surface area contributed by atoms with Crippen molar-refractivity contribution in [2.45, 2.75) is 68.8 Å². The van der Waals surface area contributed by atoms with Crippen LogP contribution in [0.5, 0.6) is 0 Å². The first-order chi connectivity index (χ1) is 16.5. The summed E-state index contributed by atoms with van der Waals surface area (Å²) in [7, 11) is 0. The molecule has 0 radical (unpaired) electrons. The maximum Gasteiger partial charge on any atom is 0.255 e. The molecule has 0 aromatic heterocycles. The summed E-state index contributed by atoms with van der Waals surface area (Å²) in [6, 6.07) is 5.02. The average molecular weight is 487 g/mol. The third-order valence-corrected chi connectivity index (χ3v) is 7.90. The molecule has 8 nitrogen and oxygen atoms in total. The van der Waals surface area contributed by atoms with Gasteiger partial charge in [0.2, 0.25) is 17.7 Å². The Morgan fingerprint density at radius 2 is 1.94 bits per heavy atom. The van der Waals surface area contributed by atoms with E-state index >= 15 is 0 Å². The van der Waals surface area contributed by atoms with Crippen molar-refractivity contribution < 1.29 is 19.2 Å². The summed E-state index contributed by atoms with van der Waals surface area (Å²) < 4.78 is 0. The summed E-state index contributed by atoms with van der Waals surface area (Å²) >= 11 is 1.61. The van der Waals surface area contributed by atoms with Gasteiger partial charge in [-0.1, -0.05) is 12.5 Å². The van der Waals surface area contributed by atoms with E-state index in [9.17, 15) is 19.2 Å². The van der Waals surface area contributed by atoms with Gasteiger partial charge in [0, 0.05) is 42.1 Å². The molecule has 2 fully saturated rings. The molecule has 4 rings (SSSR count). The van der Waals surface area contributed by atoms with Gasteiger partial charge < -0.3 is 15.1 Å². The number of piperidine rings is 2. The van der Waals surface area contributed by atoms with Crippen LogP contribution in [0.1, 0.15) is 67.3 Å². The second-order valence-corrected chi connectivity index (χ2v) is 10.4. The van der Waals surface area contributed by atoms with Crippen molar-refractivity contribution in [3.05, 3.63) is 29.3 Å². The zero-order valence-electron chi connectivity index (χ0n) is 19.6. The minimum absolute atomic E-state index is 0.0942. The third kappa shape index (κ3) is 6.18. The number of likely N-dealkylation sites (tertiary alicyclic amines) is 1. The number of hydrogen-bond donors (Lipinski definition) is 2. The van der Waals surface area contributed by atoms with Crippen LogP contribution in [-0.4, -0.2) is 71.4 Å². The second-order valence-electron chi connectivity index (χ2n) is 9.24. The summed E-state index contributed by atoms with van der Waals surface area (Å²) in [6.45, 7) is 4.43. The fourth-order valence-corrected chi connectivity index (χ4v) is 5.88. The molecule has 0 saturated carbocycles. The van der Waals surface area contributed by atoms with Gasteiger partial charge in [0.1, 0.15) is 6.04 Å². The molecule has 2 saturated heterocycles. The van der Waals surface area contributed by atoms with E-state index in [1.54, 1.807) is 22.7 Å². The predicted octanol–water partition coefficient (Wildman–Crippen LogP) is 2.31. The molecular weight excluding hydrogens is 452 g/mol. The minimum Gasteiger partial charge on any atom is -0.355 e. The minimum atomic E-state index is -0.607. The van der Waals surface area contributed by atoms with E-state index in [0.717, 1.165) is 29.8 Å². The van der Waals surface area contributed by atoms with Gasteiger partial charge >= 0.3 is 0 Å². The lowest BCUT2D eigenvalue weighted by molar-refractivity contribution is -0.137.